The van der Waals surface area contributed by atoms with E-state index >= 15 is 0 Å². The van der Waals surface area contributed by atoms with Gasteiger partial charge in [-0.1, -0.05) is 5.16 Å². The number of nitrogens with one attached hydrogen (secondary N) is 1. The summed E-state index contributed by atoms with van der Waals surface area (Å²) in [6, 6.07) is 6.41. The highest BCUT2D eigenvalue weighted by Gasteiger charge is 2.20. The minimum atomic E-state index is -0.422. The van der Waals surface area contributed by atoms with Crippen molar-refractivity contribution in [2.75, 3.05) is 6.61 Å². The first-order chi connectivity index (χ1) is 11.3. The molecule has 0 fully saturated rings. The number of hydrogen-bond acceptors (Lipinski definition) is 6. The standard InChI is InChI=1S/C15H16N4O4/c20-7-4-12(14-3-1-8-22-14)17-15(21)13-9-11(23-18-13)10-19-6-2-5-16-19/h1-3,5-6,8-9,12,20H,4,7,10H2,(H,17,21). The van der Waals surface area contributed by atoms with Crippen LogP contribution >= 0.6 is 0 Å². The molecule has 0 saturated heterocycles. The van der Waals surface area contributed by atoms with Crippen LogP contribution in [0.25, 0.3) is 0 Å². The molecular formula is C15H16N4O4. The zero-order valence-corrected chi connectivity index (χ0v) is 12.3. The van der Waals surface area contributed by atoms with Crippen molar-refractivity contribution in [2.24, 2.45) is 0 Å². The number of carbonyl (C=O) groups excluding carboxylic acids is 1. The van der Waals surface area contributed by atoms with Gasteiger partial charge in [-0.3, -0.25) is 9.48 Å². The molecule has 0 aliphatic heterocycles. The molecule has 1 amide bonds. The van der Waals surface area contributed by atoms with Crippen LogP contribution in [0, 0.1) is 0 Å². The lowest BCUT2D eigenvalue weighted by molar-refractivity contribution is 0.0914. The van der Waals surface area contributed by atoms with E-state index in [1.807, 2.05) is 0 Å². The molecule has 8 heteroatoms. The normalized spacial score (nSPS) is 12.2. The third-order valence-corrected chi connectivity index (χ3v) is 3.28. The molecule has 0 saturated carbocycles. The molecule has 0 bridgehead atoms. The van der Waals surface area contributed by atoms with Gasteiger partial charge in [0.25, 0.3) is 5.91 Å². The number of aliphatic hydroxyl groups excluding tert-OH is 1. The van der Waals surface area contributed by atoms with Crippen LogP contribution in [-0.2, 0) is 6.54 Å². The topological polar surface area (TPSA) is 106 Å². The molecule has 23 heavy (non-hydrogen) atoms. The minimum Gasteiger partial charge on any atom is -0.467 e. The van der Waals surface area contributed by atoms with Crippen molar-refractivity contribution < 1.29 is 18.8 Å². The SMILES string of the molecule is O=C(NC(CCO)c1ccco1)c1cc(Cn2cccn2)on1. The van der Waals surface area contributed by atoms with Crippen molar-refractivity contribution >= 4 is 5.91 Å². The molecule has 3 aromatic rings. The first kappa shape index (κ1) is 15.0. The van der Waals surface area contributed by atoms with Crippen LogP contribution in [0.2, 0.25) is 0 Å². The van der Waals surface area contributed by atoms with Crippen molar-refractivity contribution in [3.8, 4) is 0 Å². The molecule has 8 nitrogen and oxygen atoms in total. The molecule has 0 aromatic carbocycles. The Balaban J connectivity index is 1.66. The highest BCUT2D eigenvalue weighted by atomic mass is 16.5. The predicted molar refractivity (Wildman–Crippen MR) is 78.5 cm³/mol. The van der Waals surface area contributed by atoms with Gasteiger partial charge in [-0.15, -0.1) is 0 Å². The average molecular weight is 316 g/mol. The summed E-state index contributed by atoms with van der Waals surface area (Å²) in [7, 11) is 0. The first-order valence-corrected chi connectivity index (χ1v) is 7.14. The van der Waals surface area contributed by atoms with E-state index in [9.17, 15) is 4.79 Å². The van der Waals surface area contributed by atoms with Crippen LogP contribution in [0.1, 0.15) is 34.5 Å². The summed E-state index contributed by atoms with van der Waals surface area (Å²) in [6.45, 7) is 0.320. The average Bonchev–Trinajstić information content (AvgIpc) is 3.30. The van der Waals surface area contributed by atoms with Crippen molar-refractivity contribution in [1.29, 1.82) is 0 Å². The van der Waals surface area contributed by atoms with Gasteiger partial charge in [0.2, 0.25) is 0 Å². The van der Waals surface area contributed by atoms with Crippen molar-refractivity contribution in [3.63, 3.8) is 0 Å². The Kier molecular flexibility index (Phi) is 4.53. The lowest BCUT2D eigenvalue weighted by atomic mass is 10.1. The molecule has 2 N–H and O–H groups in total. The number of aromatic nitrogens is 3. The summed E-state index contributed by atoms with van der Waals surface area (Å²) < 4.78 is 12.1. The van der Waals surface area contributed by atoms with Crippen LogP contribution in [0.5, 0.6) is 0 Å². The van der Waals surface area contributed by atoms with Gasteiger partial charge in [-0.05, 0) is 24.6 Å². The van der Waals surface area contributed by atoms with Gasteiger partial charge in [0.1, 0.15) is 12.3 Å². The smallest absolute Gasteiger partial charge is 0.274 e. The van der Waals surface area contributed by atoms with Crippen LogP contribution in [-0.4, -0.2) is 32.6 Å². The van der Waals surface area contributed by atoms with E-state index in [4.69, 9.17) is 14.0 Å². The fraction of sp³-hybridized carbons (Fsp3) is 0.267. The summed E-state index contributed by atoms with van der Waals surface area (Å²) in [5.41, 5.74) is 0.168. The molecule has 0 spiro atoms. The second kappa shape index (κ2) is 6.93. The molecule has 3 heterocycles. The largest absolute Gasteiger partial charge is 0.467 e. The maximum absolute atomic E-state index is 12.3. The third kappa shape index (κ3) is 3.67. The van der Waals surface area contributed by atoms with E-state index in [0.717, 1.165) is 0 Å². The van der Waals surface area contributed by atoms with Gasteiger partial charge in [0.15, 0.2) is 11.5 Å². The highest BCUT2D eigenvalue weighted by Crippen LogP contribution is 2.17. The molecule has 0 aliphatic rings. The Labute approximate surface area is 131 Å². The zero-order valence-electron chi connectivity index (χ0n) is 12.3. The monoisotopic (exact) mass is 316 g/mol. The Morgan fingerprint density at radius 3 is 3.04 bits per heavy atom. The Bertz CT molecular complexity index is 733. The number of hydrogen-bond donors (Lipinski definition) is 2. The maximum Gasteiger partial charge on any atom is 0.274 e. The molecule has 0 radical (unpaired) electrons. The summed E-state index contributed by atoms with van der Waals surface area (Å²) in [5.74, 6) is 0.707. The number of nitrogens with zero attached hydrogens (tertiary/aromatic N) is 3. The third-order valence-electron chi connectivity index (χ3n) is 3.28. The fourth-order valence-electron chi connectivity index (χ4n) is 2.18. The molecule has 1 unspecified atom stereocenters. The predicted octanol–water partition coefficient (Wildman–Crippen LogP) is 1.37. The van der Waals surface area contributed by atoms with E-state index in [1.165, 1.54) is 6.26 Å². The van der Waals surface area contributed by atoms with Crippen molar-refractivity contribution in [3.05, 3.63) is 60.1 Å². The second-order valence-corrected chi connectivity index (χ2v) is 4.94. The quantitative estimate of drug-likeness (QED) is 0.682. The van der Waals surface area contributed by atoms with Gasteiger partial charge in [0.05, 0.1) is 12.3 Å². The Hall–Kier alpha value is -2.87. The van der Waals surface area contributed by atoms with Gasteiger partial charge in [-0.2, -0.15) is 5.10 Å². The van der Waals surface area contributed by atoms with Crippen molar-refractivity contribution in [2.45, 2.75) is 19.0 Å². The lowest BCUT2D eigenvalue weighted by Gasteiger charge is -2.14. The van der Waals surface area contributed by atoms with E-state index in [0.29, 0.717) is 24.5 Å². The molecule has 0 aliphatic carbocycles. The van der Waals surface area contributed by atoms with Crippen LogP contribution in [0.3, 0.4) is 0 Å². The molecule has 3 rings (SSSR count). The molecule has 3 aromatic heterocycles. The first-order valence-electron chi connectivity index (χ1n) is 7.14. The van der Waals surface area contributed by atoms with E-state index in [-0.39, 0.29) is 12.3 Å². The zero-order chi connectivity index (χ0) is 16.1. The van der Waals surface area contributed by atoms with E-state index in [2.05, 4.69) is 15.6 Å². The van der Waals surface area contributed by atoms with Gasteiger partial charge in [-0.25, -0.2) is 0 Å². The van der Waals surface area contributed by atoms with Crippen LogP contribution < -0.4 is 5.32 Å². The second-order valence-electron chi connectivity index (χ2n) is 4.94. The number of aliphatic hydroxyl groups is 1. The maximum atomic E-state index is 12.3. The molecular weight excluding hydrogens is 300 g/mol. The number of amides is 1. The number of furan rings is 1. The number of carbonyl (C=O) groups is 1. The molecule has 120 valence electrons. The number of rotatable bonds is 7. The summed E-state index contributed by atoms with van der Waals surface area (Å²) >= 11 is 0. The van der Waals surface area contributed by atoms with E-state index in [1.54, 1.807) is 41.3 Å². The van der Waals surface area contributed by atoms with Crippen LogP contribution in [0.15, 0.2) is 51.9 Å². The summed E-state index contributed by atoms with van der Waals surface area (Å²) in [6.07, 6.45) is 5.31. The minimum absolute atomic E-state index is 0.0744. The fourth-order valence-corrected chi connectivity index (χ4v) is 2.18. The van der Waals surface area contributed by atoms with Gasteiger partial charge in [0, 0.05) is 25.1 Å². The van der Waals surface area contributed by atoms with Gasteiger partial charge >= 0.3 is 0 Å². The molecule has 1 atom stereocenters. The van der Waals surface area contributed by atoms with E-state index < -0.39 is 11.9 Å². The lowest BCUT2D eigenvalue weighted by Crippen LogP contribution is -2.29. The Morgan fingerprint density at radius 2 is 2.35 bits per heavy atom. The summed E-state index contributed by atoms with van der Waals surface area (Å²) in [5, 5.41) is 19.7. The highest BCUT2D eigenvalue weighted by molar-refractivity contribution is 5.92. The Morgan fingerprint density at radius 1 is 1.43 bits per heavy atom. The van der Waals surface area contributed by atoms with Crippen LogP contribution in [0.4, 0.5) is 0 Å². The summed E-state index contributed by atoms with van der Waals surface area (Å²) in [4.78, 5) is 12.3. The van der Waals surface area contributed by atoms with Gasteiger partial charge < -0.3 is 19.4 Å². The van der Waals surface area contributed by atoms with Crippen molar-refractivity contribution in [1.82, 2.24) is 20.3 Å².